The molecule has 5 heterocycles. The van der Waals surface area contributed by atoms with Gasteiger partial charge in [0.15, 0.2) is 5.82 Å². The third-order valence-corrected chi connectivity index (χ3v) is 8.13. The van der Waals surface area contributed by atoms with E-state index in [4.69, 9.17) is 10.5 Å². The normalized spacial score (nSPS) is 21.4. The van der Waals surface area contributed by atoms with Crippen LogP contribution in [0.2, 0.25) is 0 Å². The van der Waals surface area contributed by atoms with Gasteiger partial charge in [-0.25, -0.2) is 9.50 Å². The largest absolute Gasteiger partial charge is 0.495 e. The Morgan fingerprint density at radius 2 is 2.16 bits per heavy atom. The summed E-state index contributed by atoms with van der Waals surface area (Å²) in [6.07, 6.45) is 4.16. The molecular formula is C24H28N6OS. The molecule has 4 aromatic rings. The van der Waals surface area contributed by atoms with E-state index in [0.717, 1.165) is 64.2 Å². The number of hydrogen-bond donors (Lipinski definition) is 2. The average molecular weight is 449 g/mol. The van der Waals surface area contributed by atoms with Gasteiger partial charge in [-0.3, -0.25) is 4.90 Å². The van der Waals surface area contributed by atoms with Crippen LogP contribution in [0.3, 0.4) is 0 Å². The number of anilines is 1. The minimum absolute atomic E-state index is 0.513. The second-order valence-corrected chi connectivity index (χ2v) is 10.2. The zero-order chi connectivity index (χ0) is 21.8. The van der Waals surface area contributed by atoms with Crippen LogP contribution in [0.25, 0.3) is 26.0 Å². The summed E-state index contributed by atoms with van der Waals surface area (Å²) in [5.41, 5.74) is 10.7. The summed E-state index contributed by atoms with van der Waals surface area (Å²) in [6.45, 7) is 6.33. The van der Waals surface area contributed by atoms with Crippen LogP contribution in [-0.4, -0.2) is 52.3 Å². The number of thiophene rings is 1. The summed E-state index contributed by atoms with van der Waals surface area (Å²) in [5, 5.41) is 9.47. The maximum Gasteiger partial charge on any atom is 0.152 e. The van der Waals surface area contributed by atoms with Gasteiger partial charge in [-0.05, 0) is 61.4 Å². The predicted molar refractivity (Wildman–Crippen MR) is 129 cm³/mol. The minimum atomic E-state index is 0.513. The van der Waals surface area contributed by atoms with E-state index >= 15 is 0 Å². The first-order valence-electron chi connectivity index (χ1n) is 11.3. The molecule has 0 saturated carbocycles. The number of rotatable bonds is 4. The number of nitrogens with two attached hydrogens (primary N) is 1. The fourth-order valence-corrected chi connectivity index (χ4v) is 6.63. The molecule has 0 aliphatic carbocycles. The second kappa shape index (κ2) is 7.72. The molecule has 7 nitrogen and oxygen atoms in total. The molecule has 1 aromatic carbocycles. The Bertz CT molecular complexity index is 1300. The Hall–Kier alpha value is -2.68. The molecule has 3 N–H and O–H groups in total. The van der Waals surface area contributed by atoms with E-state index in [1.165, 1.54) is 23.8 Å². The van der Waals surface area contributed by atoms with Gasteiger partial charge in [0.25, 0.3) is 0 Å². The Morgan fingerprint density at radius 1 is 1.25 bits per heavy atom. The number of benzene rings is 1. The van der Waals surface area contributed by atoms with Crippen molar-refractivity contribution in [1.82, 2.24) is 24.8 Å². The van der Waals surface area contributed by atoms with Crippen molar-refractivity contribution in [2.24, 2.45) is 5.92 Å². The summed E-state index contributed by atoms with van der Waals surface area (Å²) < 4.78 is 8.79. The molecular weight excluding hydrogens is 420 g/mol. The van der Waals surface area contributed by atoms with Gasteiger partial charge in [0.05, 0.1) is 17.5 Å². The maximum absolute atomic E-state index is 6.37. The standard InChI is InChI=1S/C24H28N6OS/c1-14-6-16-8-21(32-23(16)20(7-14)31-2)18-9-17(30-22(18)24(25)27-13-28-30)11-29-10-15-4-3-5-26-19(15)12-29/h6-9,13,15,19,26H,3-5,10-12H2,1-2H3,(H2,25,27,28). The second-order valence-electron chi connectivity index (χ2n) is 9.11. The molecule has 3 aromatic heterocycles. The number of hydrogen-bond acceptors (Lipinski definition) is 7. The van der Waals surface area contributed by atoms with Crippen molar-refractivity contribution in [3.05, 3.63) is 41.9 Å². The molecule has 0 amide bonds. The Balaban J connectivity index is 1.42. The van der Waals surface area contributed by atoms with Crippen molar-refractivity contribution in [2.75, 3.05) is 32.5 Å². The quantitative estimate of drug-likeness (QED) is 0.496. The van der Waals surface area contributed by atoms with Crippen molar-refractivity contribution >= 4 is 32.8 Å². The highest BCUT2D eigenvalue weighted by Crippen LogP contribution is 2.42. The first kappa shape index (κ1) is 20.0. The highest BCUT2D eigenvalue weighted by atomic mass is 32.1. The smallest absolute Gasteiger partial charge is 0.152 e. The van der Waals surface area contributed by atoms with Crippen LogP contribution >= 0.6 is 11.3 Å². The summed E-state index contributed by atoms with van der Waals surface area (Å²) in [6, 6.07) is 9.39. The molecule has 2 aliphatic rings. The molecule has 2 fully saturated rings. The van der Waals surface area contributed by atoms with Crippen LogP contribution in [0.4, 0.5) is 5.82 Å². The highest BCUT2D eigenvalue weighted by Gasteiger charge is 2.34. The SMILES string of the molecule is COc1cc(C)cc2cc(-c3cc(CN4CC5CCCNC5C4)n4ncnc(N)c34)sc12. The number of nitrogens with one attached hydrogen (secondary N) is 1. The van der Waals surface area contributed by atoms with E-state index in [2.05, 4.69) is 51.5 Å². The maximum atomic E-state index is 6.37. The monoisotopic (exact) mass is 448 g/mol. The first-order chi connectivity index (χ1) is 15.6. The molecule has 2 atom stereocenters. The summed E-state index contributed by atoms with van der Waals surface area (Å²) in [4.78, 5) is 8.01. The van der Waals surface area contributed by atoms with E-state index in [1.807, 2.05) is 4.52 Å². The summed E-state index contributed by atoms with van der Waals surface area (Å²) in [7, 11) is 1.73. The zero-order valence-corrected chi connectivity index (χ0v) is 19.3. The van der Waals surface area contributed by atoms with Gasteiger partial charge >= 0.3 is 0 Å². The number of aromatic nitrogens is 3. The fourth-order valence-electron chi connectivity index (χ4n) is 5.48. The molecule has 166 valence electrons. The number of ether oxygens (including phenoxy) is 1. The van der Waals surface area contributed by atoms with Crippen LogP contribution in [-0.2, 0) is 6.54 Å². The molecule has 8 heteroatoms. The van der Waals surface area contributed by atoms with Crippen LogP contribution in [0.1, 0.15) is 24.1 Å². The number of fused-ring (bicyclic) bond motifs is 3. The highest BCUT2D eigenvalue weighted by molar-refractivity contribution is 7.22. The molecule has 2 aliphatic heterocycles. The van der Waals surface area contributed by atoms with Gasteiger partial charge in [0.1, 0.15) is 17.6 Å². The van der Waals surface area contributed by atoms with Gasteiger partial charge in [0, 0.05) is 36.1 Å². The number of aryl methyl sites for hydroxylation is 1. The summed E-state index contributed by atoms with van der Waals surface area (Å²) >= 11 is 1.73. The van der Waals surface area contributed by atoms with E-state index < -0.39 is 0 Å². The molecule has 2 unspecified atom stereocenters. The van der Waals surface area contributed by atoms with Crippen molar-refractivity contribution in [2.45, 2.75) is 32.4 Å². The zero-order valence-electron chi connectivity index (χ0n) is 18.5. The Labute approximate surface area is 191 Å². The van der Waals surface area contributed by atoms with Crippen LogP contribution in [0, 0.1) is 12.8 Å². The molecule has 0 bridgehead atoms. The fraction of sp³-hybridized carbons (Fsp3) is 0.417. The van der Waals surface area contributed by atoms with Crippen molar-refractivity contribution < 1.29 is 4.74 Å². The minimum Gasteiger partial charge on any atom is -0.495 e. The molecule has 6 rings (SSSR count). The lowest BCUT2D eigenvalue weighted by atomic mass is 9.94. The van der Waals surface area contributed by atoms with Gasteiger partial charge in [-0.2, -0.15) is 5.10 Å². The lowest BCUT2D eigenvalue weighted by Crippen LogP contribution is -2.40. The Morgan fingerprint density at radius 3 is 3.00 bits per heavy atom. The third-order valence-electron chi connectivity index (χ3n) is 6.93. The van der Waals surface area contributed by atoms with Crippen LogP contribution in [0.5, 0.6) is 5.75 Å². The van der Waals surface area contributed by atoms with E-state index in [0.29, 0.717) is 11.9 Å². The number of nitrogen functional groups attached to an aromatic ring is 1. The van der Waals surface area contributed by atoms with Crippen molar-refractivity contribution in [1.29, 1.82) is 0 Å². The van der Waals surface area contributed by atoms with Gasteiger partial charge in [0.2, 0.25) is 0 Å². The third kappa shape index (κ3) is 3.25. The molecule has 32 heavy (non-hydrogen) atoms. The van der Waals surface area contributed by atoms with E-state index in [9.17, 15) is 0 Å². The number of likely N-dealkylation sites (tertiary alicyclic amines) is 1. The van der Waals surface area contributed by atoms with Gasteiger partial charge in [-0.15, -0.1) is 11.3 Å². The number of methoxy groups -OCH3 is 1. The lowest BCUT2D eigenvalue weighted by Gasteiger charge is -2.24. The number of piperidine rings is 1. The van der Waals surface area contributed by atoms with Crippen LogP contribution in [0.15, 0.2) is 30.6 Å². The molecule has 2 saturated heterocycles. The average Bonchev–Trinajstić information content (AvgIpc) is 3.48. The van der Waals surface area contributed by atoms with Crippen molar-refractivity contribution in [3.63, 3.8) is 0 Å². The summed E-state index contributed by atoms with van der Waals surface area (Å²) in [5.74, 6) is 2.18. The first-order valence-corrected chi connectivity index (χ1v) is 12.1. The number of nitrogens with zero attached hydrogens (tertiary/aromatic N) is 4. The van der Waals surface area contributed by atoms with Crippen molar-refractivity contribution in [3.8, 4) is 16.2 Å². The molecule has 0 spiro atoms. The van der Waals surface area contributed by atoms with Crippen LogP contribution < -0.4 is 15.8 Å². The van der Waals surface area contributed by atoms with Gasteiger partial charge in [-0.1, -0.05) is 6.07 Å². The Kier molecular flexibility index (Phi) is 4.82. The van der Waals surface area contributed by atoms with E-state index in [1.54, 1.807) is 24.8 Å². The molecule has 0 radical (unpaired) electrons. The lowest BCUT2D eigenvalue weighted by molar-refractivity contribution is 0.307. The topological polar surface area (TPSA) is 80.7 Å². The van der Waals surface area contributed by atoms with E-state index in [-0.39, 0.29) is 0 Å². The van der Waals surface area contributed by atoms with Gasteiger partial charge < -0.3 is 15.8 Å². The predicted octanol–water partition coefficient (Wildman–Crippen LogP) is 3.69.